The van der Waals surface area contributed by atoms with Crippen LogP contribution >= 0.6 is 0 Å². The number of anilines is 3. The van der Waals surface area contributed by atoms with Crippen LogP contribution in [0.15, 0.2) is 136 Å². The van der Waals surface area contributed by atoms with Crippen molar-refractivity contribution in [2.24, 2.45) is 7.05 Å². The molecule has 0 amide bonds. The van der Waals surface area contributed by atoms with Gasteiger partial charge >= 0.3 is 21.1 Å². The van der Waals surface area contributed by atoms with Crippen molar-refractivity contribution in [3.05, 3.63) is 140 Å². The van der Waals surface area contributed by atoms with Crippen LogP contribution in [0, 0.1) is 12.1 Å². The molecule has 0 radical (unpaired) electrons. The molecule has 0 atom stereocenters. The minimum Gasteiger partial charge on any atom is -0.512 e. The first-order valence-corrected chi connectivity index (χ1v) is 14.9. The van der Waals surface area contributed by atoms with Crippen molar-refractivity contribution in [3.8, 4) is 22.8 Å². The van der Waals surface area contributed by atoms with E-state index in [2.05, 4.69) is 23.1 Å². The summed E-state index contributed by atoms with van der Waals surface area (Å²) in [4.78, 5) is 6.75. The van der Waals surface area contributed by atoms with Crippen molar-refractivity contribution >= 4 is 61.1 Å². The zero-order valence-corrected chi connectivity index (χ0v) is 27.2. The number of para-hydroxylation sites is 3. The summed E-state index contributed by atoms with van der Waals surface area (Å²) >= 11 is 0. The molecule has 0 saturated carbocycles. The Balaban J connectivity index is 0.00000324. The Hall–Kier alpha value is -5.65. The molecule has 0 aliphatic rings. The van der Waals surface area contributed by atoms with Gasteiger partial charge in [0.05, 0.1) is 16.9 Å². The van der Waals surface area contributed by atoms with E-state index < -0.39 is 0 Å². The van der Waals surface area contributed by atoms with Gasteiger partial charge in [0.15, 0.2) is 0 Å². The predicted molar refractivity (Wildman–Crippen MR) is 180 cm³/mol. The molecule has 9 rings (SSSR count). The van der Waals surface area contributed by atoms with Gasteiger partial charge in [-0.1, -0.05) is 95.3 Å². The van der Waals surface area contributed by atoms with Crippen LogP contribution in [-0.4, -0.2) is 14.8 Å². The first kappa shape index (κ1) is 28.8. The fourth-order valence-corrected chi connectivity index (χ4v) is 6.04. The normalized spacial score (nSPS) is 11.3. The third-order valence-electron chi connectivity index (χ3n) is 8.06. The van der Waals surface area contributed by atoms with E-state index in [0.717, 1.165) is 61.2 Å². The first-order valence-electron chi connectivity index (χ1n) is 14.9. The Morgan fingerprint density at radius 3 is 2.23 bits per heavy atom. The summed E-state index contributed by atoms with van der Waals surface area (Å²) in [7, 11) is 1.90. The van der Waals surface area contributed by atoms with Crippen molar-refractivity contribution in [1.82, 2.24) is 14.8 Å². The monoisotopic (exact) mass is 791 g/mol. The Labute approximate surface area is 283 Å². The van der Waals surface area contributed by atoms with Gasteiger partial charge in [-0.25, -0.2) is 10.1 Å². The van der Waals surface area contributed by atoms with Crippen LogP contribution in [0.25, 0.3) is 55.1 Å². The van der Waals surface area contributed by atoms with E-state index in [4.69, 9.17) is 23.7 Å². The molecule has 0 spiro atoms. The molecule has 9 aromatic rings. The van der Waals surface area contributed by atoms with Crippen LogP contribution in [0.2, 0.25) is 0 Å². The molecule has 8 heteroatoms. The Bertz CT molecular complexity index is 2500. The summed E-state index contributed by atoms with van der Waals surface area (Å²) in [5.41, 5.74) is 6.02. The van der Waals surface area contributed by atoms with E-state index in [-0.39, 0.29) is 21.1 Å². The van der Waals surface area contributed by atoms with Gasteiger partial charge in [-0.05, 0) is 41.8 Å². The molecule has 4 heterocycles. The van der Waals surface area contributed by atoms with Crippen molar-refractivity contribution in [2.45, 2.75) is 0 Å². The van der Waals surface area contributed by atoms with Crippen molar-refractivity contribution in [1.29, 1.82) is 0 Å². The molecule has 4 aromatic heterocycles. The minimum absolute atomic E-state index is 0. The van der Waals surface area contributed by atoms with E-state index in [1.54, 1.807) is 10.9 Å². The molecule has 0 N–H and O–H groups in total. The molecule has 0 aliphatic heterocycles. The number of hydrogen-bond acceptors (Lipinski definition) is 6. The first-order chi connectivity index (χ1) is 22.7. The number of rotatable bonds is 6. The Morgan fingerprint density at radius 2 is 1.47 bits per heavy atom. The molecule has 0 saturated heterocycles. The van der Waals surface area contributed by atoms with E-state index in [9.17, 15) is 0 Å². The summed E-state index contributed by atoms with van der Waals surface area (Å²) < 4.78 is 21.2. The average Bonchev–Trinajstić information content (AvgIpc) is 3.81. The number of furan rings is 2. The number of fused-ring (bicyclic) bond motifs is 6. The number of aromatic nitrogens is 3. The number of hydrogen-bond donors (Lipinski definition) is 0. The van der Waals surface area contributed by atoms with Gasteiger partial charge in [0.25, 0.3) is 0 Å². The van der Waals surface area contributed by atoms with Gasteiger partial charge in [0.2, 0.25) is 0 Å². The molecule has 7 nitrogen and oxygen atoms in total. The average molecular weight is 792 g/mol. The van der Waals surface area contributed by atoms with Crippen LogP contribution in [-0.2, 0) is 28.1 Å². The largest absolute Gasteiger partial charge is 2.00 e. The molecular weight excluding hydrogens is 768 g/mol. The third-order valence-corrected chi connectivity index (χ3v) is 8.06. The van der Waals surface area contributed by atoms with Gasteiger partial charge in [0.1, 0.15) is 17.0 Å². The fourth-order valence-electron chi connectivity index (χ4n) is 6.04. The second kappa shape index (κ2) is 11.6. The van der Waals surface area contributed by atoms with E-state index in [1.165, 1.54) is 0 Å². The van der Waals surface area contributed by atoms with Crippen LogP contribution in [0.5, 0.6) is 11.5 Å². The zero-order valence-electron chi connectivity index (χ0n) is 25.0. The van der Waals surface area contributed by atoms with Crippen LogP contribution < -0.4 is 9.64 Å². The molecule has 228 valence electrons. The molecule has 0 unspecified atom stereocenters. The van der Waals surface area contributed by atoms with Crippen molar-refractivity contribution in [3.63, 3.8) is 0 Å². The summed E-state index contributed by atoms with van der Waals surface area (Å²) in [5, 5.41) is 8.48. The summed E-state index contributed by atoms with van der Waals surface area (Å²) in [6.07, 6.45) is 3.70. The predicted octanol–water partition coefficient (Wildman–Crippen LogP) is 10.1. The number of benzene rings is 5. The van der Waals surface area contributed by atoms with Crippen LogP contribution in [0.1, 0.15) is 0 Å². The zero-order chi connectivity index (χ0) is 30.6. The summed E-state index contributed by atoms with van der Waals surface area (Å²) in [6, 6.07) is 44.8. The SMILES string of the molecule is Cn1ccc(-c2[c-]c(Oc3[c-]c(N(c4ccccc4)c4ccccn4)cc4c3oc3ccccc34)cc3oc4ccccc4c23)n1.[Pt+2]. The summed E-state index contributed by atoms with van der Waals surface area (Å²) in [5.74, 6) is 1.61. The maximum atomic E-state index is 6.71. The number of aryl methyl sites for hydroxylation is 1. The molecule has 0 fully saturated rings. The second-order valence-electron chi connectivity index (χ2n) is 11.0. The quantitative estimate of drug-likeness (QED) is 0.156. The molecular formula is C39H24N4O3Pt. The van der Waals surface area contributed by atoms with E-state index >= 15 is 0 Å². The van der Waals surface area contributed by atoms with Gasteiger partial charge in [-0.15, -0.1) is 17.7 Å². The topological polar surface area (TPSA) is 69.5 Å². The number of ether oxygens (including phenoxy) is 1. The number of nitrogens with zero attached hydrogens (tertiary/aromatic N) is 4. The maximum absolute atomic E-state index is 6.71. The molecule has 47 heavy (non-hydrogen) atoms. The third kappa shape index (κ3) is 4.96. The molecule has 0 bridgehead atoms. The Kier molecular flexibility index (Phi) is 7.11. The fraction of sp³-hybridized carbons (Fsp3) is 0.0256. The minimum atomic E-state index is 0. The van der Waals surface area contributed by atoms with Gasteiger partial charge in [-0.3, -0.25) is 4.68 Å². The molecule has 5 aromatic carbocycles. The van der Waals surface area contributed by atoms with Crippen molar-refractivity contribution in [2.75, 3.05) is 4.90 Å². The molecule has 0 aliphatic carbocycles. The summed E-state index contributed by atoms with van der Waals surface area (Å²) in [6.45, 7) is 0. The maximum Gasteiger partial charge on any atom is 2.00 e. The second-order valence-corrected chi connectivity index (χ2v) is 11.0. The van der Waals surface area contributed by atoms with Crippen LogP contribution in [0.3, 0.4) is 0 Å². The van der Waals surface area contributed by atoms with Crippen LogP contribution in [0.4, 0.5) is 17.2 Å². The Morgan fingerprint density at radius 1 is 0.723 bits per heavy atom. The van der Waals surface area contributed by atoms with E-state index in [0.29, 0.717) is 22.7 Å². The van der Waals surface area contributed by atoms with Gasteiger partial charge in [0, 0.05) is 42.0 Å². The standard InChI is InChI=1S/C39H24N4O3.Pt/c1-42-20-18-32(41-42)31-23-27(24-35-38(31)29-14-6-8-16-34(29)45-35)44-36-22-26(21-30-28-13-5-7-15-33(28)46-39(30)36)43(25-11-3-2-4-12-25)37-17-9-10-19-40-37;/h2-21,24H,1H3;/q-2;+2. The van der Waals surface area contributed by atoms with Gasteiger partial charge in [-0.2, -0.15) is 0 Å². The van der Waals surface area contributed by atoms with E-state index in [1.807, 2.05) is 122 Å². The smallest absolute Gasteiger partial charge is 0.512 e. The number of pyridine rings is 1. The van der Waals surface area contributed by atoms with Crippen molar-refractivity contribution < 1.29 is 34.6 Å². The van der Waals surface area contributed by atoms with Gasteiger partial charge < -0.3 is 18.5 Å².